The van der Waals surface area contributed by atoms with Gasteiger partial charge in [0.25, 0.3) is 5.91 Å². The summed E-state index contributed by atoms with van der Waals surface area (Å²) in [5, 5.41) is 13.3. The lowest BCUT2D eigenvalue weighted by atomic mass is 10.0. The van der Waals surface area contributed by atoms with E-state index in [2.05, 4.69) is 36.1 Å². The number of aromatic nitrogens is 2. The van der Waals surface area contributed by atoms with Crippen LogP contribution in [0, 0.1) is 0 Å². The first kappa shape index (κ1) is 37.2. The first-order valence-electron chi connectivity index (χ1n) is 17.7. The van der Waals surface area contributed by atoms with Crippen molar-refractivity contribution >= 4 is 70.6 Å². The molecule has 3 amide bonds. The Bertz CT molecular complexity index is 2140. The van der Waals surface area contributed by atoms with Crippen LogP contribution in [-0.4, -0.2) is 84.9 Å². The second kappa shape index (κ2) is 15.7. The summed E-state index contributed by atoms with van der Waals surface area (Å²) >= 11 is 6.45. The van der Waals surface area contributed by atoms with Crippen LogP contribution in [0.15, 0.2) is 66.9 Å². The van der Waals surface area contributed by atoms with Gasteiger partial charge in [-0.1, -0.05) is 23.7 Å². The number of benzene rings is 3. The first-order chi connectivity index (χ1) is 26.0. The Morgan fingerprint density at radius 3 is 2.54 bits per heavy atom. The van der Waals surface area contributed by atoms with Crippen LogP contribution in [0.5, 0.6) is 11.5 Å². The minimum Gasteiger partial charge on any atom is -0.494 e. The normalized spacial score (nSPS) is 17.6. The largest absolute Gasteiger partial charge is 0.494 e. The second-order valence-corrected chi connectivity index (χ2v) is 17.5. The molecule has 54 heavy (non-hydrogen) atoms. The van der Waals surface area contributed by atoms with Gasteiger partial charge in [0.1, 0.15) is 36.4 Å². The molecular weight excluding hydrogens is 731 g/mol. The fraction of sp³-hybridized carbons (Fsp3) is 0.342. The second-order valence-electron chi connectivity index (χ2n) is 13.9. The summed E-state index contributed by atoms with van der Waals surface area (Å²) in [6.07, 6.45) is 3.88. The van der Waals surface area contributed by atoms with Crippen LogP contribution in [-0.2, 0) is 20.7 Å². The number of nitrogens with one attached hydrogen (secondary N) is 4. The van der Waals surface area contributed by atoms with Crippen LogP contribution in [0.2, 0.25) is 5.02 Å². The third-order valence-electron chi connectivity index (χ3n) is 9.88. The SMILES string of the molecule is COc1cc(N2CCC(NCOc3ccc4c(c3)CN(C3CCC(=O)NC3=O)C4=O)CC2)ccc1Nc1ncc(Cl)c(Nc2ccccc2P(C)(C)=O)n1. The number of hydrogen-bond donors (Lipinski definition) is 4. The van der Waals surface area contributed by atoms with Crippen LogP contribution in [0.1, 0.15) is 41.6 Å². The van der Waals surface area contributed by atoms with Crippen molar-refractivity contribution in [1.82, 2.24) is 25.5 Å². The standard InChI is InChI=1S/C38H42ClN8O6P/c1-52-32-19-25(8-11-29(32)43-38-40-20-28(39)35(45-38)42-30-6-4-5-7-33(30)54(2,3)51)46-16-14-24(15-17-46)41-22-53-26-9-10-27-23(18-26)21-47(37(27)50)31-12-13-34(48)44-36(31)49/h4-11,18-20,24,31,41H,12-17,21-22H2,1-3H3,(H,44,48,49)(H2,40,42,43,45). The molecule has 0 spiro atoms. The molecule has 3 aliphatic rings. The summed E-state index contributed by atoms with van der Waals surface area (Å²) in [6, 6.07) is 18.3. The number of anilines is 5. The van der Waals surface area contributed by atoms with Gasteiger partial charge in [-0.05, 0) is 80.6 Å². The smallest absolute Gasteiger partial charge is 0.255 e. The van der Waals surface area contributed by atoms with Gasteiger partial charge in [0.15, 0.2) is 5.82 Å². The molecule has 16 heteroatoms. The minimum absolute atomic E-state index is 0.206. The Balaban J connectivity index is 0.910. The van der Waals surface area contributed by atoms with E-state index in [1.807, 2.05) is 48.5 Å². The minimum atomic E-state index is -2.55. The van der Waals surface area contributed by atoms with Gasteiger partial charge in [0, 0.05) is 54.7 Å². The molecule has 1 unspecified atom stereocenters. The molecule has 4 heterocycles. The Kier molecular flexibility index (Phi) is 10.8. The number of fused-ring (bicyclic) bond motifs is 1. The number of carbonyl (C=O) groups excluding carboxylic acids is 3. The molecule has 4 aromatic rings. The maximum atomic E-state index is 13.0. The molecule has 3 aromatic carbocycles. The van der Waals surface area contributed by atoms with E-state index >= 15 is 0 Å². The van der Waals surface area contributed by atoms with E-state index in [9.17, 15) is 18.9 Å². The number of imide groups is 1. The van der Waals surface area contributed by atoms with E-state index in [1.54, 1.807) is 32.6 Å². The van der Waals surface area contributed by atoms with Gasteiger partial charge in [-0.25, -0.2) is 4.98 Å². The number of rotatable bonds is 12. The zero-order chi connectivity index (χ0) is 38.0. The highest BCUT2D eigenvalue weighted by Crippen LogP contribution is 2.39. The van der Waals surface area contributed by atoms with Crippen LogP contribution >= 0.6 is 18.7 Å². The van der Waals surface area contributed by atoms with Gasteiger partial charge in [-0.15, -0.1) is 0 Å². The highest BCUT2D eigenvalue weighted by Gasteiger charge is 2.39. The van der Waals surface area contributed by atoms with Crippen molar-refractivity contribution < 1.29 is 28.4 Å². The van der Waals surface area contributed by atoms with Gasteiger partial charge < -0.3 is 34.5 Å². The van der Waals surface area contributed by atoms with Gasteiger partial charge in [-0.2, -0.15) is 4.98 Å². The lowest BCUT2D eigenvalue weighted by Crippen LogP contribution is -2.52. The van der Waals surface area contributed by atoms with E-state index in [-0.39, 0.29) is 24.3 Å². The zero-order valence-corrected chi connectivity index (χ0v) is 31.9. The number of halogens is 1. The average Bonchev–Trinajstić information content (AvgIpc) is 3.48. The molecule has 2 fully saturated rings. The van der Waals surface area contributed by atoms with E-state index < -0.39 is 19.1 Å². The third-order valence-corrected chi connectivity index (χ3v) is 11.7. The number of nitrogens with zero attached hydrogens (tertiary/aromatic N) is 4. The summed E-state index contributed by atoms with van der Waals surface area (Å²) < 4.78 is 24.6. The topological polar surface area (TPSA) is 167 Å². The molecule has 0 bridgehead atoms. The summed E-state index contributed by atoms with van der Waals surface area (Å²) in [7, 11) is -0.934. The van der Waals surface area contributed by atoms with Crippen LogP contribution < -0.4 is 40.9 Å². The van der Waals surface area contributed by atoms with Crippen molar-refractivity contribution in [2.24, 2.45) is 0 Å². The Morgan fingerprint density at radius 2 is 1.78 bits per heavy atom. The Labute approximate surface area is 318 Å². The number of ether oxygens (including phenoxy) is 2. The van der Waals surface area contributed by atoms with E-state index in [4.69, 9.17) is 21.1 Å². The monoisotopic (exact) mass is 772 g/mol. The van der Waals surface area contributed by atoms with Crippen molar-refractivity contribution in [2.75, 3.05) is 55.8 Å². The van der Waals surface area contributed by atoms with Gasteiger partial charge in [0.05, 0.1) is 24.7 Å². The van der Waals surface area contributed by atoms with E-state index in [0.29, 0.717) is 70.2 Å². The number of hydrogen-bond acceptors (Lipinski definition) is 12. The van der Waals surface area contributed by atoms with Crippen molar-refractivity contribution in [3.8, 4) is 11.5 Å². The van der Waals surface area contributed by atoms with Crippen LogP contribution in [0.25, 0.3) is 0 Å². The molecule has 0 radical (unpaired) electrons. The maximum absolute atomic E-state index is 13.0. The van der Waals surface area contributed by atoms with Gasteiger partial charge >= 0.3 is 0 Å². The first-order valence-corrected chi connectivity index (χ1v) is 20.7. The molecule has 4 N–H and O–H groups in total. The molecule has 1 aromatic heterocycles. The van der Waals surface area contributed by atoms with Crippen molar-refractivity contribution in [3.05, 3.63) is 83.0 Å². The molecule has 2 saturated heterocycles. The molecule has 0 aliphatic carbocycles. The lowest BCUT2D eigenvalue weighted by Gasteiger charge is -2.34. The quantitative estimate of drug-likeness (QED) is 0.0843. The fourth-order valence-electron chi connectivity index (χ4n) is 7.02. The van der Waals surface area contributed by atoms with E-state index in [1.165, 1.54) is 11.1 Å². The third kappa shape index (κ3) is 8.15. The van der Waals surface area contributed by atoms with Crippen molar-refractivity contribution in [3.63, 3.8) is 0 Å². The molecule has 14 nitrogen and oxygen atoms in total. The van der Waals surface area contributed by atoms with Crippen LogP contribution in [0.3, 0.4) is 0 Å². The van der Waals surface area contributed by atoms with Gasteiger partial charge in [0.2, 0.25) is 17.8 Å². The number of carbonyl (C=O) groups is 3. The van der Waals surface area contributed by atoms with Crippen molar-refractivity contribution in [1.29, 1.82) is 0 Å². The molecular formula is C38H42ClN8O6P. The fourth-order valence-corrected chi connectivity index (χ4v) is 8.31. The van der Waals surface area contributed by atoms with Gasteiger partial charge in [-0.3, -0.25) is 25.0 Å². The Hall–Kier alpha value is -5.17. The molecule has 282 valence electrons. The summed E-state index contributed by atoms with van der Waals surface area (Å²) in [5.41, 5.74) is 3.75. The predicted octanol–water partition coefficient (Wildman–Crippen LogP) is 5.23. The highest BCUT2D eigenvalue weighted by atomic mass is 35.5. The number of para-hydroxylation sites is 1. The molecule has 7 rings (SSSR count). The maximum Gasteiger partial charge on any atom is 0.255 e. The summed E-state index contributed by atoms with van der Waals surface area (Å²) in [4.78, 5) is 49.7. The molecule has 1 atom stereocenters. The zero-order valence-electron chi connectivity index (χ0n) is 30.2. The summed E-state index contributed by atoms with van der Waals surface area (Å²) in [6.45, 7) is 5.74. The average molecular weight is 773 g/mol. The molecule has 0 saturated carbocycles. The number of amides is 3. The highest BCUT2D eigenvalue weighted by molar-refractivity contribution is 7.70. The Morgan fingerprint density at radius 1 is 0.981 bits per heavy atom. The van der Waals surface area contributed by atoms with E-state index in [0.717, 1.165) is 37.2 Å². The molecule has 3 aliphatic heterocycles. The number of methoxy groups -OCH3 is 1. The lowest BCUT2D eigenvalue weighted by molar-refractivity contribution is -0.136. The predicted molar refractivity (Wildman–Crippen MR) is 208 cm³/mol. The van der Waals surface area contributed by atoms with Crippen molar-refractivity contribution in [2.45, 2.75) is 44.3 Å². The van der Waals surface area contributed by atoms with Crippen LogP contribution in [0.4, 0.5) is 28.8 Å². The number of piperidine rings is 2. The summed E-state index contributed by atoms with van der Waals surface area (Å²) in [5.74, 6) is 1.04.